The zero-order valence-corrected chi connectivity index (χ0v) is 10.1. The van der Waals surface area contributed by atoms with E-state index in [1.807, 2.05) is 24.3 Å². The third-order valence-electron chi connectivity index (χ3n) is 2.51. The van der Waals surface area contributed by atoms with Gasteiger partial charge in [-0.3, -0.25) is 0 Å². The maximum absolute atomic E-state index is 5.51. The Morgan fingerprint density at radius 3 is 2.11 bits per heavy atom. The van der Waals surface area contributed by atoms with E-state index in [2.05, 4.69) is 15.0 Å². The van der Waals surface area contributed by atoms with Gasteiger partial charge in [-0.25, -0.2) is 0 Å². The van der Waals surface area contributed by atoms with Crippen molar-refractivity contribution in [3.8, 4) is 5.75 Å². The molecule has 6 heteroatoms. The van der Waals surface area contributed by atoms with Gasteiger partial charge in [-0.05, 0) is 24.1 Å². The van der Waals surface area contributed by atoms with Gasteiger partial charge < -0.3 is 16.2 Å². The third kappa shape index (κ3) is 3.07. The van der Waals surface area contributed by atoms with Crippen molar-refractivity contribution in [2.45, 2.75) is 12.8 Å². The molecule has 0 aliphatic heterocycles. The van der Waals surface area contributed by atoms with E-state index in [-0.39, 0.29) is 11.9 Å². The minimum absolute atomic E-state index is 0.159. The van der Waals surface area contributed by atoms with Crippen LogP contribution in [0.1, 0.15) is 11.4 Å². The van der Waals surface area contributed by atoms with Crippen LogP contribution in [0.2, 0.25) is 0 Å². The molecule has 2 rings (SSSR count). The first-order valence-corrected chi connectivity index (χ1v) is 5.56. The standard InChI is InChI=1S/C12H15N5O/c1-18-9-5-2-8(3-6-9)4-7-10-15-11(13)17-12(14)16-10/h2-3,5-6H,4,7H2,1H3,(H4,13,14,15,16,17). The zero-order valence-electron chi connectivity index (χ0n) is 10.1. The summed E-state index contributed by atoms with van der Waals surface area (Å²) in [6, 6.07) is 7.86. The number of ether oxygens (including phenoxy) is 1. The van der Waals surface area contributed by atoms with Crippen molar-refractivity contribution < 1.29 is 4.74 Å². The van der Waals surface area contributed by atoms with Gasteiger partial charge in [-0.1, -0.05) is 12.1 Å². The van der Waals surface area contributed by atoms with E-state index in [9.17, 15) is 0 Å². The quantitative estimate of drug-likeness (QED) is 0.827. The first-order valence-electron chi connectivity index (χ1n) is 5.56. The lowest BCUT2D eigenvalue weighted by Gasteiger charge is -2.04. The SMILES string of the molecule is COc1ccc(CCc2nc(N)nc(N)n2)cc1. The lowest BCUT2D eigenvalue weighted by atomic mass is 10.1. The highest BCUT2D eigenvalue weighted by Crippen LogP contribution is 2.13. The van der Waals surface area contributed by atoms with Gasteiger partial charge in [0, 0.05) is 6.42 Å². The largest absolute Gasteiger partial charge is 0.497 e. The second kappa shape index (κ2) is 5.31. The molecular weight excluding hydrogens is 230 g/mol. The van der Waals surface area contributed by atoms with Crippen molar-refractivity contribution >= 4 is 11.9 Å². The molecule has 18 heavy (non-hydrogen) atoms. The van der Waals surface area contributed by atoms with Gasteiger partial charge in [0.1, 0.15) is 11.6 Å². The molecule has 0 saturated carbocycles. The molecule has 0 radical (unpaired) electrons. The van der Waals surface area contributed by atoms with Gasteiger partial charge in [0.2, 0.25) is 11.9 Å². The van der Waals surface area contributed by atoms with Crippen molar-refractivity contribution in [3.63, 3.8) is 0 Å². The molecule has 0 bridgehead atoms. The Bertz CT molecular complexity index is 506. The van der Waals surface area contributed by atoms with E-state index in [4.69, 9.17) is 16.2 Å². The zero-order chi connectivity index (χ0) is 13.0. The average molecular weight is 245 g/mol. The third-order valence-corrected chi connectivity index (χ3v) is 2.51. The summed E-state index contributed by atoms with van der Waals surface area (Å²) in [4.78, 5) is 11.8. The number of rotatable bonds is 4. The van der Waals surface area contributed by atoms with Crippen LogP contribution in [0.25, 0.3) is 0 Å². The average Bonchev–Trinajstić information content (AvgIpc) is 2.36. The smallest absolute Gasteiger partial charge is 0.225 e. The van der Waals surface area contributed by atoms with E-state index < -0.39 is 0 Å². The van der Waals surface area contributed by atoms with Gasteiger partial charge in [-0.15, -0.1) is 0 Å². The van der Waals surface area contributed by atoms with Crippen molar-refractivity contribution in [1.29, 1.82) is 0 Å². The Morgan fingerprint density at radius 2 is 1.56 bits per heavy atom. The Morgan fingerprint density at radius 1 is 0.944 bits per heavy atom. The lowest BCUT2D eigenvalue weighted by Crippen LogP contribution is -2.07. The highest BCUT2D eigenvalue weighted by molar-refractivity contribution is 5.28. The first-order chi connectivity index (χ1) is 8.67. The molecule has 4 N–H and O–H groups in total. The highest BCUT2D eigenvalue weighted by atomic mass is 16.5. The maximum atomic E-state index is 5.51. The number of aryl methyl sites for hydroxylation is 2. The van der Waals surface area contributed by atoms with E-state index >= 15 is 0 Å². The number of aromatic nitrogens is 3. The normalized spacial score (nSPS) is 10.3. The number of nitrogens with two attached hydrogens (primary N) is 2. The Kier molecular flexibility index (Phi) is 3.57. The second-order valence-electron chi connectivity index (χ2n) is 3.82. The van der Waals surface area contributed by atoms with Crippen molar-refractivity contribution in [1.82, 2.24) is 15.0 Å². The number of hydrogen-bond donors (Lipinski definition) is 2. The minimum atomic E-state index is 0.159. The Hall–Kier alpha value is -2.37. The summed E-state index contributed by atoms with van der Waals surface area (Å²) in [5.74, 6) is 1.77. The van der Waals surface area contributed by atoms with Crippen molar-refractivity contribution in [2.75, 3.05) is 18.6 Å². The molecule has 6 nitrogen and oxygen atoms in total. The fourth-order valence-electron chi connectivity index (χ4n) is 1.62. The number of methoxy groups -OCH3 is 1. The summed E-state index contributed by atoms with van der Waals surface area (Å²) in [5, 5.41) is 0. The van der Waals surface area contributed by atoms with Crippen LogP contribution in [0.15, 0.2) is 24.3 Å². The number of benzene rings is 1. The molecule has 94 valence electrons. The first kappa shape index (κ1) is 12.1. The van der Waals surface area contributed by atoms with Crippen LogP contribution in [0.5, 0.6) is 5.75 Å². The summed E-state index contributed by atoms with van der Waals surface area (Å²) >= 11 is 0. The van der Waals surface area contributed by atoms with Crippen LogP contribution < -0.4 is 16.2 Å². The van der Waals surface area contributed by atoms with Gasteiger partial charge in [-0.2, -0.15) is 15.0 Å². The number of hydrogen-bond acceptors (Lipinski definition) is 6. The summed E-state index contributed by atoms with van der Waals surface area (Å²) in [6.45, 7) is 0. The van der Waals surface area contributed by atoms with Crippen LogP contribution in [0.3, 0.4) is 0 Å². The summed E-state index contributed by atoms with van der Waals surface area (Å²) < 4.78 is 5.10. The molecule has 0 atom stereocenters. The monoisotopic (exact) mass is 245 g/mol. The van der Waals surface area contributed by atoms with Crippen molar-refractivity contribution in [2.24, 2.45) is 0 Å². The minimum Gasteiger partial charge on any atom is -0.497 e. The van der Waals surface area contributed by atoms with Gasteiger partial charge in [0.05, 0.1) is 7.11 Å². The molecule has 0 fully saturated rings. The molecule has 0 aliphatic carbocycles. The lowest BCUT2D eigenvalue weighted by molar-refractivity contribution is 0.414. The number of anilines is 2. The van der Waals surface area contributed by atoms with Crippen LogP contribution in [-0.4, -0.2) is 22.1 Å². The van der Waals surface area contributed by atoms with E-state index in [1.165, 1.54) is 5.56 Å². The fraction of sp³-hybridized carbons (Fsp3) is 0.250. The van der Waals surface area contributed by atoms with Crippen LogP contribution in [-0.2, 0) is 12.8 Å². The van der Waals surface area contributed by atoms with Gasteiger partial charge in [0.15, 0.2) is 0 Å². The molecule has 0 aliphatic rings. The Balaban J connectivity index is 2.01. The van der Waals surface area contributed by atoms with Crippen molar-refractivity contribution in [3.05, 3.63) is 35.7 Å². The van der Waals surface area contributed by atoms with E-state index in [0.29, 0.717) is 12.2 Å². The van der Waals surface area contributed by atoms with Crippen LogP contribution >= 0.6 is 0 Å². The summed E-state index contributed by atoms with van der Waals surface area (Å²) in [6.07, 6.45) is 1.48. The summed E-state index contributed by atoms with van der Waals surface area (Å²) in [5.41, 5.74) is 12.2. The Labute approximate surface area is 105 Å². The number of nitrogens with zero attached hydrogens (tertiary/aromatic N) is 3. The summed E-state index contributed by atoms with van der Waals surface area (Å²) in [7, 11) is 1.64. The number of nitrogen functional groups attached to an aromatic ring is 2. The fourth-order valence-corrected chi connectivity index (χ4v) is 1.62. The molecule has 1 heterocycles. The van der Waals surface area contributed by atoms with E-state index in [0.717, 1.165) is 12.2 Å². The van der Waals surface area contributed by atoms with Crippen LogP contribution in [0, 0.1) is 0 Å². The van der Waals surface area contributed by atoms with Gasteiger partial charge >= 0.3 is 0 Å². The maximum Gasteiger partial charge on any atom is 0.225 e. The molecule has 1 aromatic heterocycles. The van der Waals surface area contributed by atoms with E-state index in [1.54, 1.807) is 7.11 Å². The second-order valence-corrected chi connectivity index (χ2v) is 3.82. The molecule has 2 aromatic rings. The topological polar surface area (TPSA) is 99.9 Å². The molecule has 0 amide bonds. The molecular formula is C12H15N5O. The predicted octanol–water partition coefficient (Wildman–Crippen LogP) is 0.830. The molecule has 0 spiro atoms. The molecule has 0 saturated heterocycles. The molecule has 0 unspecified atom stereocenters. The molecule has 1 aromatic carbocycles. The van der Waals surface area contributed by atoms with Gasteiger partial charge in [0.25, 0.3) is 0 Å². The highest BCUT2D eigenvalue weighted by Gasteiger charge is 2.02. The van der Waals surface area contributed by atoms with Crippen LogP contribution in [0.4, 0.5) is 11.9 Å². The predicted molar refractivity (Wildman–Crippen MR) is 69.1 cm³/mol.